The number of benzene rings is 1. The van der Waals surface area contributed by atoms with E-state index in [1.165, 1.54) is 46.9 Å². The van der Waals surface area contributed by atoms with Crippen LogP contribution in [0.15, 0.2) is 40.6 Å². The fourth-order valence-corrected chi connectivity index (χ4v) is 5.89. The standard InChI is InChI=1S/C20H23FN2O5S2/c1-14(19(24)22-13-15-5-7-16(21)8-6-15)28-20(25)18-17(9-12-29-18)30(26,27)23-10-3-2-4-11-23/h5-9,12,14H,2-4,10-11,13H2,1H3,(H,22,24)/t14-/m0/s1. The van der Waals surface area contributed by atoms with Gasteiger partial charge in [0.2, 0.25) is 10.0 Å². The van der Waals surface area contributed by atoms with Crippen molar-refractivity contribution in [3.05, 3.63) is 52.0 Å². The highest BCUT2D eigenvalue weighted by Crippen LogP contribution is 2.28. The van der Waals surface area contributed by atoms with E-state index in [-0.39, 0.29) is 22.1 Å². The van der Waals surface area contributed by atoms with Crippen molar-refractivity contribution in [3.8, 4) is 0 Å². The summed E-state index contributed by atoms with van der Waals surface area (Å²) < 4.78 is 45.3. The molecule has 1 aromatic heterocycles. The van der Waals surface area contributed by atoms with Crippen LogP contribution < -0.4 is 5.32 Å². The molecule has 1 saturated heterocycles. The number of carbonyl (C=O) groups excluding carboxylic acids is 2. The number of amides is 1. The number of rotatable bonds is 7. The Labute approximate surface area is 178 Å². The van der Waals surface area contributed by atoms with E-state index in [4.69, 9.17) is 4.74 Å². The zero-order chi connectivity index (χ0) is 21.7. The lowest BCUT2D eigenvalue weighted by molar-refractivity contribution is -0.129. The summed E-state index contributed by atoms with van der Waals surface area (Å²) in [6, 6.07) is 7.04. The second-order valence-electron chi connectivity index (χ2n) is 6.97. The van der Waals surface area contributed by atoms with Gasteiger partial charge in [-0.05, 0) is 48.9 Å². The van der Waals surface area contributed by atoms with Crippen LogP contribution in [0.25, 0.3) is 0 Å². The fourth-order valence-electron chi connectivity index (χ4n) is 3.10. The van der Waals surface area contributed by atoms with Gasteiger partial charge in [-0.2, -0.15) is 4.31 Å². The lowest BCUT2D eigenvalue weighted by Crippen LogP contribution is -2.37. The van der Waals surface area contributed by atoms with Crippen LogP contribution in [-0.4, -0.2) is 43.8 Å². The van der Waals surface area contributed by atoms with Crippen molar-refractivity contribution in [1.82, 2.24) is 9.62 Å². The normalized spacial score (nSPS) is 16.1. The number of hydrogen-bond acceptors (Lipinski definition) is 6. The molecule has 0 saturated carbocycles. The molecule has 3 rings (SSSR count). The van der Waals surface area contributed by atoms with Crippen molar-refractivity contribution >= 4 is 33.2 Å². The molecular formula is C20H23FN2O5S2. The molecule has 2 heterocycles. The summed E-state index contributed by atoms with van der Waals surface area (Å²) >= 11 is 0.966. The third-order valence-corrected chi connectivity index (χ3v) is 7.75. The first kappa shape index (κ1) is 22.4. The van der Waals surface area contributed by atoms with E-state index in [0.29, 0.717) is 18.7 Å². The van der Waals surface area contributed by atoms with Crippen molar-refractivity contribution in [3.63, 3.8) is 0 Å². The molecule has 1 aromatic carbocycles. The smallest absolute Gasteiger partial charge is 0.350 e. The van der Waals surface area contributed by atoms with Gasteiger partial charge in [-0.25, -0.2) is 17.6 Å². The number of thiophene rings is 1. The number of halogens is 1. The first-order chi connectivity index (χ1) is 14.3. The van der Waals surface area contributed by atoms with E-state index in [1.807, 2.05) is 0 Å². The van der Waals surface area contributed by atoms with E-state index < -0.39 is 28.0 Å². The molecule has 0 bridgehead atoms. The third-order valence-electron chi connectivity index (χ3n) is 4.78. The Morgan fingerprint density at radius 2 is 1.83 bits per heavy atom. The maximum atomic E-state index is 12.9. The van der Waals surface area contributed by atoms with Crippen molar-refractivity contribution in [2.24, 2.45) is 0 Å². The second kappa shape index (κ2) is 9.67. The summed E-state index contributed by atoms with van der Waals surface area (Å²) in [6.45, 7) is 2.41. The second-order valence-corrected chi connectivity index (χ2v) is 9.79. The molecule has 7 nitrogen and oxygen atoms in total. The van der Waals surface area contributed by atoms with Crippen molar-refractivity contribution < 1.29 is 27.1 Å². The summed E-state index contributed by atoms with van der Waals surface area (Å²) in [4.78, 5) is 24.7. The molecule has 162 valence electrons. The Morgan fingerprint density at radius 1 is 1.17 bits per heavy atom. The monoisotopic (exact) mass is 454 g/mol. The molecule has 0 aliphatic carbocycles. The molecule has 1 N–H and O–H groups in total. The number of ether oxygens (including phenoxy) is 1. The Hall–Kier alpha value is -2.30. The number of piperidine rings is 1. The van der Waals surface area contributed by atoms with Crippen molar-refractivity contribution in [2.45, 2.75) is 43.7 Å². The molecule has 1 aliphatic rings. The zero-order valence-electron chi connectivity index (χ0n) is 16.5. The predicted octanol–water partition coefficient (Wildman–Crippen LogP) is 2.92. The van der Waals surface area contributed by atoms with Crippen LogP contribution in [0.1, 0.15) is 41.4 Å². The molecule has 1 aliphatic heterocycles. The largest absolute Gasteiger partial charge is 0.448 e. The minimum atomic E-state index is -3.79. The third kappa shape index (κ3) is 5.24. The van der Waals surface area contributed by atoms with Crippen LogP contribution in [-0.2, 0) is 26.1 Å². The van der Waals surface area contributed by atoms with Crippen molar-refractivity contribution in [2.75, 3.05) is 13.1 Å². The van der Waals surface area contributed by atoms with E-state index >= 15 is 0 Å². The van der Waals surface area contributed by atoms with Gasteiger partial charge in [-0.3, -0.25) is 4.79 Å². The summed E-state index contributed by atoms with van der Waals surface area (Å²) in [7, 11) is -3.79. The van der Waals surface area contributed by atoms with Gasteiger partial charge >= 0.3 is 5.97 Å². The number of carbonyl (C=O) groups is 2. The van der Waals surface area contributed by atoms with E-state index in [9.17, 15) is 22.4 Å². The molecule has 0 unspecified atom stereocenters. The minimum absolute atomic E-state index is 0.0428. The highest BCUT2D eigenvalue weighted by Gasteiger charge is 2.32. The molecule has 10 heteroatoms. The predicted molar refractivity (Wildman–Crippen MR) is 110 cm³/mol. The maximum Gasteiger partial charge on any atom is 0.350 e. The number of sulfonamides is 1. The number of nitrogens with one attached hydrogen (secondary N) is 1. The Bertz CT molecular complexity index is 998. The molecule has 1 atom stereocenters. The first-order valence-electron chi connectivity index (χ1n) is 9.60. The van der Waals surface area contributed by atoms with E-state index in [0.717, 1.165) is 30.6 Å². The van der Waals surface area contributed by atoms with Crippen LogP contribution in [0, 0.1) is 5.82 Å². The van der Waals surface area contributed by atoms with Crippen LogP contribution in [0.3, 0.4) is 0 Å². The minimum Gasteiger partial charge on any atom is -0.448 e. The number of esters is 1. The average molecular weight is 455 g/mol. The Kier molecular flexibility index (Phi) is 7.22. The van der Waals surface area contributed by atoms with Gasteiger partial charge in [0.1, 0.15) is 15.6 Å². The lowest BCUT2D eigenvalue weighted by atomic mass is 10.2. The topological polar surface area (TPSA) is 92.8 Å². The molecular weight excluding hydrogens is 431 g/mol. The lowest BCUT2D eigenvalue weighted by Gasteiger charge is -2.25. The molecule has 30 heavy (non-hydrogen) atoms. The molecule has 1 amide bonds. The molecule has 0 spiro atoms. The van der Waals surface area contributed by atoms with E-state index in [2.05, 4.69) is 5.32 Å². The summed E-state index contributed by atoms with van der Waals surface area (Å²) in [5.41, 5.74) is 0.691. The van der Waals surface area contributed by atoms with Crippen LogP contribution in [0.4, 0.5) is 4.39 Å². The van der Waals surface area contributed by atoms with Gasteiger partial charge in [0.15, 0.2) is 6.10 Å². The summed E-state index contributed by atoms with van der Waals surface area (Å²) in [5.74, 6) is -1.77. The molecule has 1 fully saturated rings. The SMILES string of the molecule is C[C@H](OC(=O)c1sccc1S(=O)(=O)N1CCCCC1)C(=O)NCc1ccc(F)cc1. The van der Waals surface area contributed by atoms with E-state index in [1.54, 1.807) is 0 Å². The number of nitrogens with zero attached hydrogens (tertiary/aromatic N) is 1. The van der Waals surface area contributed by atoms with Crippen LogP contribution in [0.5, 0.6) is 0 Å². The Morgan fingerprint density at radius 3 is 2.50 bits per heavy atom. The maximum absolute atomic E-state index is 12.9. The summed E-state index contributed by atoms with van der Waals surface area (Å²) in [6.07, 6.45) is 1.43. The highest BCUT2D eigenvalue weighted by molar-refractivity contribution is 7.89. The summed E-state index contributed by atoms with van der Waals surface area (Å²) in [5, 5.41) is 4.12. The quantitative estimate of drug-likeness (QED) is 0.650. The van der Waals surface area contributed by atoms with Gasteiger partial charge in [0.25, 0.3) is 5.91 Å². The molecule has 2 aromatic rings. The van der Waals surface area contributed by atoms with Crippen molar-refractivity contribution in [1.29, 1.82) is 0 Å². The van der Waals surface area contributed by atoms with Gasteiger partial charge < -0.3 is 10.1 Å². The Balaban J connectivity index is 1.62. The number of hydrogen-bond donors (Lipinski definition) is 1. The van der Waals surface area contributed by atoms with Gasteiger partial charge in [0, 0.05) is 19.6 Å². The highest BCUT2D eigenvalue weighted by atomic mass is 32.2. The molecule has 0 radical (unpaired) electrons. The van der Waals surface area contributed by atoms with Crippen LogP contribution >= 0.6 is 11.3 Å². The van der Waals surface area contributed by atoms with Gasteiger partial charge in [0.05, 0.1) is 0 Å². The average Bonchev–Trinajstić information content (AvgIpc) is 3.25. The van der Waals surface area contributed by atoms with Gasteiger partial charge in [-0.1, -0.05) is 18.6 Å². The van der Waals surface area contributed by atoms with Gasteiger partial charge in [-0.15, -0.1) is 11.3 Å². The first-order valence-corrected chi connectivity index (χ1v) is 11.9. The fraction of sp³-hybridized carbons (Fsp3) is 0.400. The van der Waals surface area contributed by atoms with Crippen LogP contribution in [0.2, 0.25) is 0 Å². The zero-order valence-corrected chi connectivity index (χ0v) is 18.1.